The molecule has 2 aromatic rings. The van der Waals surface area contributed by atoms with Gasteiger partial charge in [-0.3, -0.25) is 14.4 Å². The van der Waals surface area contributed by atoms with Gasteiger partial charge >= 0.3 is 0 Å². The summed E-state index contributed by atoms with van der Waals surface area (Å²) in [6.45, 7) is 4.87. The maximum atomic E-state index is 12.9. The number of amides is 3. The zero-order valence-electron chi connectivity index (χ0n) is 17.8. The number of aryl methyl sites for hydroxylation is 1. The summed E-state index contributed by atoms with van der Waals surface area (Å²) in [4.78, 5) is 40.8. The molecule has 0 unspecified atom stereocenters. The molecule has 2 aliphatic rings. The molecule has 31 heavy (non-hydrogen) atoms. The van der Waals surface area contributed by atoms with E-state index < -0.39 is 11.6 Å². The molecule has 0 saturated carbocycles. The maximum Gasteiger partial charge on any atom is 0.255 e. The molecule has 0 bridgehead atoms. The molecule has 1 fully saturated rings. The molecule has 1 aromatic carbocycles. The van der Waals surface area contributed by atoms with Crippen molar-refractivity contribution in [1.29, 1.82) is 0 Å². The fourth-order valence-corrected chi connectivity index (χ4v) is 4.78. The van der Waals surface area contributed by atoms with Crippen LogP contribution in [0.15, 0.2) is 35.7 Å². The number of ether oxygens (including phenoxy) is 1. The highest BCUT2D eigenvalue weighted by Crippen LogP contribution is 2.34. The average molecular weight is 442 g/mol. The minimum Gasteiger partial charge on any atom is -0.485 e. The molecule has 0 aliphatic carbocycles. The van der Waals surface area contributed by atoms with Crippen LogP contribution in [0.4, 0.5) is 0 Å². The highest BCUT2D eigenvalue weighted by atomic mass is 32.1. The average Bonchev–Trinajstić information content (AvgIpc) is 3.18. The lowest BCUT2D eigenvalue weighted by Gasteiger charge is -2.32. The second-order valence-corrected chi connectivity index (χ2v) is 9.31. The van der Waals surface area contributed by atoms with E-state index in [1.54, 1.807) is 23.2 Å². The van der Waals surface area contributed by atoms with Gasteiger partial charge in [0, 0.05) is 24.3 Å². The Morgan fingerprint density at radius 3 is 2.94 bits per heavy atom. The number of nitrogens with one attached hydrogen (secondary N) is 2. The molecule has 2 aliphatic heterocycles. The smallest absolute Gasteiger partial charge is 0.255 e. The van der Waals surface area contributed by atoms with Crippen molar-refractivity contribution in [3.05, 3.63) is 51.7 Å². The third-order valence-corrected chi connectivity index (χ3v) is 6.94. The van der Waals surface area contributed by atoms with E-state index in [2.05, 4.69) is 10.6 Å². The van der Waals surface area contributed by atoms with Crippen molar-refractivity contribution in [2.24, 2.45) is 0 Å². The van der Waals surface area contributed by atoms with Crippen LogP contribution in [-0.2, 0) is 16.1 Å². The van der Waals surface area contributed by atoms with Crippen LogP contribution in [0.5, 0.6) is 5.75 Å². The highest BCUT2D eigenvalue weighted by Gasteiger charge is 2.41. The molecule has 8 heteroatoms. The molecule has 1 aromatic heterocycles. The van der Waals surface area contributed by atoms with Crippen LogP contribution >= 0.6 is 11.3 Å². The van der Waals surface area contributed by atoms with E-state index in [9.17, 15) is 14.4 Å². The number of carbonyl (C=O) groups is 3. The van der Waals surface area contributed by atoms with Gasteiger partial charge in [-0.1, -0.05) is 17.7 Å². The van der Waals surface area contributed by atoms with Gasteiger partial charge in [-0.15, -0.1) is 11.3 Å². The van der Waals surface area contributed by atoms with E-state index in [0.717, 1.165) is 10.4 Å². The summed E-state index contributed by atoms with van der Waals surface area (Å²) in [7, 11) is 0. The van der Waals surface area contributed by atoms with E-state index in [1.807, 2.05) is 42.6 Å². The van der Waals surface area contributed by atoms with Gasteiger partial charge in [-0.05, 0) is 43.8 Å². The van der Waals surface area contributed by atoms with Gasteiger partial charge in [0.15, 0.2) is 0 Å². The van der Waals surface area contributed by atoms with Gasteiger partial charge in [-0.25, -0.2) is 0 Å². The predicted octanol–water partition coefficient (Wildman–Crippen LogP) is 2.63. The molecule has 0 radical (unpaired) electrons. The molecule has 4 rings (SSSR count). The minimum absolute atomic E-state index is 0.0704. The first-order chi connectivity index (χ1) is 14.9. The number of likely N-dealkylation sites (tertiary alicyclic amines) is 1. The lowest BCUT2D eigenvalue weighted by molar-refractivity contribution is -0.139. The molecule has 164 valence electrons. The third-order valence-electron chi connectivity index (χ3n) is 6.06. The summed E-state index contributed by atoms with van der Waals surface area (Å²) < 4.78 is 6.36. The number of benzene rings is 1. The quantitative estimate of drug-likeness (QED) is 0.764. The van der Waals surface area contributed by atoms with Crippen LogP contribution in [0, 0.1) is 6.92 Å². The van der Waals surface area contributed by atoms with Crippen molar-refractivity contribution in [3.63, 3.8) is 0 Å². The van der Waals surface area contributed by atoms with Crippen LogP contribution in [0.1, 0.15) is 47.0 Å². The van der Waals surface area contributed by atoms with Crippen molar-refractivity contribution >= 4 is 29.1 Å². The van der Waals surface area contributed by atoms with Gasteiger partial charge in [-0.2, -0.15) is 0 Å². The summed E-state index contributed by atoms with van der Waals surface area (Å²) in [5, 5.41) is 7.85. The number of hydrogen-bond donors (Lipinski definition) is 2. The summed E-state index contributed by atoms with van der Waals surface area (Å²) in [5.41, 5.74) is 0.831. The maximum absolute atomic E-state index is 12.9. The molecular formula is C23H27N3O4S. The van der Waals surface area contributed by atoms with Crippen molar-refractivity contribution < 1.29 is 19.1 Å². The molecule has 1 saturated heterocycles. The number of thiophene rings is 1. The highest BCUT2D eigenvalue weighted by molar-refractivity contribution is 7.09. The Kier molecular flexibility index (Phi) is 6.00. The topological polar surface area (TPSA) is 87.7 Å². The van der Waals surface area contributed by atoms with Gasteiger partial charge in [0.1, 0.15) is 17.4 Å². The number of carbonyl (C=O) groups excluding carboxylic acids is 3. The Morgan fingerprint density at radius 2 is 2.16 bits per heavy atom. The standard InChI is InChI=1S/C23H27N3O4S/c1-15-5-6-19-18(12-15)22(29)25-14-23(30-19)8-7-20(27)26(10-9-23)16(2)21(28)24-13-17-4-3-11-31-17/h3-6,11-12,16H,7-10,13-14H2,1-2H3,(H,24,28)(H,25,29)/t16-,23-/m1/s1. The number of nitrogens with zero attached hydrogens (tertiary/aromatic N) is 1. The van der Waals surface area contributed by atoms with Crippen LogP contribution in [0.3, 0.4) is 0 Å². The number of rotatable bonds is 4. The summed E-state index contributed by atoms with van der Waals surface area (Å²) in [6.07, 6.45) is 1.29. The van der Waals surface area contributed by atoms with Crippen molar-refractivity contribution in [1.82, 2.24) is 15.5 Å². The molecule has 3 heterocycles. The van der Waals surface area contributed by atoms with Crippen molar-refractivity contribution in [2.45, 2.75) is 51.3 Å². The van der Waals surface area contributed by atoms with E-state index in [-0.39, 0.29) is 24.1 Å². The fraction of sp³-hybridized carbons (Fsp3) is 0.435. The molecule has 3 amide bonds. The third kappa shape index (κ3) is 4.58. The predicted molar refractivity (Wildman–Crippen MR) is 118 cm³/mol. The van der Waals surface area contributed by atoms with Crippen LogP contribution in [0.2, 0.25) is 0 Å². The Balaban J connectivity index is 1.46. The first kappa shape index (κ1) is 21.4. The molecule has 2 atom stereocenters. The molecule has 7 nitrogen and oxygen atoms in total. The van der Waals surface area contributed by atoms with Crippen molar-refractivity contribution in [2.75, 3.05) is 13.1 Å². The largest absolute Gasteiger partial charge is 0.485 e. The van der Waals surface area contributed by atoms with E-state index >= 15 is 0 Å². The Bertz CT molecular complexity index is 991. The zero-order valence-corrected chi connectivity index (χ0v) is 18.6. The Labute approximate surface area is 185 Å². The normalized spacial score (nSPS) is 22.1. The second-order valence-electron chi connectivity index (χ2n) is 8.28. The lowest BCUT2D eigenvalue weighted by Crippen LogP contribution is -2.49. The first-order valence-corrected chi connectivity index (χ1v) is 11.4. The van der Waals surface area contributed by atoms with E-state index in [1.165, 1.54) is 0 Å². The fourth-order valence-electron chi connectivity index (χ4n) is 4.13. The monoisotopic (exact) mass is 441 g/mol. The van der Waals surface area contributed by atoms with E-state index in [0.29, 0.717) is 43.8 Å². The lowest BCUT2D eigenvalue weighted by atomic mass is 9.94. The zero-order chi connectivity index (χ0) is 22.0. The van der Waals surface area contributed by atoms with Crippen LogP contribution in [0.25, 0.3) is 0 Å². The summed E-state index contributed by atoms with van der Waals surface area (Å²) in [6, 6.07) is 8.89. The summed E-state index contributed by atoms with van der Waals surface area (Å²) in [5.74, 6) is 0.139. The molecule has 2 N–H and O–H groups in total. The Hall–Kier alpha value is -2.87. The summed E-state index contributed by atoms with van der Waals surface area (Å²) >= 11 is 1.58. The van der Waals surface area contributed by atoms with Gasteiger partial charge < -0.3 is 20.3 Å². The second kappa shape index (κ2) is 8.70. The van der Waals surface area contributed by atoms with Gasteiger partial charge in [0.05, 0.1) is 18.7 Å². The Morgan fingerprint density at radius 1 is 1.32 bits per heavy atom. The van der Waals surface area contributed by atoms with Gasteiger partial charge in [0.2, 0.25) is 11.8 Å². The first-order valence-electron chi connectivity index (χ1n) is 10.5. The molecular weight excluding hydrogens is 414 g/mol. The number of fused-ring (bicyclic) bond motifs is 1. The minimum atomic E-state index is -0.673. The van der Waals surface area contributed by atoms with Gasteiger partial charge in [0.25, 0.3) is 5.91 Å². The molecule has 1 spiro atoms. The SMILES string of the molecule is Cc1ccc2c(c1)C(=O)NC[C@]1(CCC(=O)N([C@H](C)C(=O)NCc3cccs3)CC1)O2. The van der Waals surface area contributed by atoms with Crippen molar-refractivity contribution in [3.8, 4) is 5.75 Å². The van der Waals surface area contributed by atoms with E-state index in [4.69, 9.17) is 4.74 Å². The number of hydrogen-bond acceptors (Lipinski definition) is 5. The van der Waals surface area contributed by atoms with Crippen LogP contribution < -0.4 is 15.4 Å². The van der Waals surface area contributed by atoms with Crippen LogP contribution in [-0.4, -0.2) is 47.4 Å².